The number of alkyl carbamates (subject to hydrolysis) is 1. The minimum absolute atomic E-state index is 0.114. The van der Waals surface area contributed by atoms with Crippen LogP contribution in [0, 0.1) is 0 Å². The molecule has 0 bridgehead atoms. The molecule has 0 aromatic heterocycles. The Bertz CT molecular complexity index is 838. The summed E-state index contributed by atoms with van der Waals surface area (Å²) < 4.78 is 12.0. The molecule has 2 amide bonds. The van der Waals surface area contributed by atoms with Gasteiger partial charge in [-0.05, 0) is 0 Å². The molecule has 1 aromatic rings. The molecule has 1 N–H and O–H groups in total. The molecular weight excluding hydrogens is 515 g/mol. The Kier molecular flexibility index (Phi) is 10.2. The summed E-state index contributed by atoms with van der Waals surface area (Å²) in [6, 6.07) is 9.70. The van der Waals surface area contributed by atoms with Crippen molar-refractivity contribution in [2.45, 2.75) is 88.7 Å². The Morgan fingerprint density at radius 3 is 2.41 bits per heavy atom. The van der Waals surface area contributed by atoms with Crippen molar-refractivity contribution in [1.29, 1.82) is 0 Å². The number of nitrogens with one attached hydrogen (secondary N) is 1. The van der Waals surface area contributed by atoms with E-state index in [-0.39, 0.29) is 26.8 Å². The van der Waals surface area contributed by atoms with Gasteiger partial charge in [0.1, 0.15) is 0 Å². The third-order valence-corrected chi connectivity index (χ3v) is 10.0. The first kappa shape index (κ1) is 28.4. The Hall–Kier alpha value is -1.83. The van der Waals surface area contributed by atoms with Crippen LogP contribution in [0.3, 0.4) is 0 Å². The van der Waals surface area contributed by atoms with Crippen molar-refractivity contribution < 1.29 is 23.9 Å². The fraction of sp³-hybridized carbons (Fsp3) is 0.640. The summed E-state index contributed by atoms with van der Waals surface area (Å²) in [5.41, 5.74) is -0.631. The number of rotatable bonds is 9. The molecule has 0 saturated carbocycles. The van der Waals surface area contributed by atoms with E-state index in [2.05, 4.69) is 25.0 Å². The number of ether oxygens (including phenoxy) is 2. The minimum atomic E-state index is -1.32. The van der Waals surface area contributed by atoms with Crippen LogP contribution in [-0.2, 0) is 19.1 Å². The Labute approximate surface area is 211 Å². The van der Waals surface area contributed by atoms with Gasteiger partial charge in [-0.25, -0.2) is 0 Å². The average Bonchev–Trinajstić information content (AvgIpc) is 3.19. The molecule has 7 nitrogen and oxygen atoms in total. The number of hydrogen-bond donors (Lipinski definition) is 1. The summed E-state index contributed by atoms with van der Waals surface area (Å²) in [4.78, 5) is 40.2. The summed E-state index contributed by atoms with van der Waals surface area (Å²) in [5.74, 6) is -0.431. The summed E-state index contributed by atoms with van der Waals surface area (Å²) in [6.07, 6.45) is 0.819. The molecule has 1 aromatic carbocycles. The molecule has 1 aliphatic rings. The molecule has 34 heavy (non-hydrogen) atoms. The molecule has 1 heterocycles. The second-order valence-electron chi connectivity index (χ2n) is 11.0. The van der Waals surface area contributed by atoms with Gasteiger partial charge in [0.15, 0.2) is 0 Å². The molecule has 0 spiro atoms. The molecule has 1 aliphatic heterocycles. The van der Waals surface area contributed by atoms with Gasteiger partial charge in [-0.1, -0.05) is 0 Å². The first-order chi connectivity index (χ1) is 15.8. The van der Waals surface area contributed by atoms with Gasteiger partial charge in [0, 0.05) is 0 Å². The average molecular weight is 556 g/mol. The number of amides is 2. The number of likely N-dealkylation sites (tertiary alicyclic amines) is 1. The molecule has 1 saturated heterocycles. The Morgan fingerprint density at radius 1 is 1.18 bits per heavy atom. The third-order valence-electron chi connectivity index (χ3n) is 5.35. The Balaban J connectivity index is 2.15. The molecule has 2 rings (SSSR count). The quantitative estimate of drug-likeness (QED) is 0.372. The van der Waals surface area contributed by atoms with Gasteiger partial charge in [-0.2, -0.15) is 0 Å². The van der Waals surface area contributed by atoms with Gasteiger partial charge < -0.3 is 0 Å². The summed E-state index contributed by atoms with van der Waals surface area (Å²) in [6.45, 7) is 14.9. The molecule has 9 heteroatoms. The van der Waals surface area contributed by atoms with Gasteiger partial charge in [-0.3, -0.25) is 0 Å². The second-order valence-corrected chi connectivity index (χ2v) is 19.1. The molecular formula is C25H40N2O5SeSi. The number of benzene rings is 1. The van der Waals surface area contributed by atoms with Crippen LogP contribution >= 0.6 is 0 Å². The number of carbonyl (C=O) groups is 3. The molecule has 0 unspecified atom stereocenters. The van der Waals surface area contributed by atoms with Crippen molar-refractivity contribution in [3.05, 3.63) is 30.3 Å². The Morgan fingerprint density at radius 2 is 1.82 bits per heavy atom. The van der Waals surface area contributed by atoms with Crippen molar-refractivity contribution in [2.24, 2.45) is 0 Å². The number of nitrogens with zero attached hydrogens (tertiary/aromatic N) is 1. The maximum absolute atomic E-state index is 13.8. The number of esters is 1. The molecule has 190 valence electrons. The SMILES string of the molecule is C[C@H](NC(=O)OC(C)(C)C)[C@H]([Se]c1ccccc1)C(=O)N1CCC[C@H]1C(=O)OCC[Si](C)(C)C. The van der Waals surface area contributed by atoms with Gasteiger partial charge in [0.2, 0.25) is 0 Å². The van der Waals surface area contributed by atoms with Gasteiger partial charge in [-0.15, -0.1) is 0 Å². The van der Waals surface area contributed by atoms with Gasteiger partial charge in [0.05, 0.1) is 0 Å². The summed E-state index contributed by atoms with van der Waals surface area (Å²) in [7, 11) is -1.32. The van der Waals surface area contributed by atoms with Crippen molar-refractivity contribution in [3.63, 3.8) is 0 Å². The van der Waals surface area contributed by atoms with Crippen LogP contribution in [0.15, 0.2) is 30.3 Å². The standard InChI is InChI=1S/C25H40N2O5SeSi/c1-18(26-24(30)32-25(2,3)4)21(33-19-12-9-8-10-13-19)22(28)27-15-11-14-20(27)23(29)31-16-17-34(5,6)7/h8-10,12-13,18,20-21H,11,14-17H2,1-7H3,(H,26,30)/t18-,20-,21-/m0/s1. The van der Waals surface area contributed by atoms with Crippen LogP contribution < -0.4 is 9.78 Å². The van der Waals surface area contributed by atoms with Crippen LogP contribution in [-0.4, -0.2) is 76.7 Å². The zero-order valence-electron chi connectivity index (χ0n) is 21.6. The number of carbonyl (C=O) groups excluding carboxylic acids is 3. The first-order valence-electron chi connectivity index (χ1n) is 12.0. The second kappa shape index (κ2) is 12.2. The molecule has 0 aliphatic carbocycles. The van der Waals surface area contributed by atoms with E-state index in [1.807, 2.05) is 37.3 Å². The van der Waals surface area contributed by atoms with Crippen molar-refractivity contribution >= 4 is 45.5 Å². The number of hydrogen-bond acceptors (Lipinski definition) is 5. The van der Waals surface area contributed by atoms with Crippen molar-refractivity contribution in [1.82, 2.24) is 10.2 Å². The monoisotopic (exact) mass is 556 g/mol. The van der Waals surface area contributed by atoms with Crippen LogP contribution in [0.4, 0.5) is 4.79 Å². The van der Waals surface area contributed by atoms with Crippen LogP contribution in [0.2, 0.25) is 30.5 Å². The van der Waals surface area contributed by atoms with E-state index in [9.17, 15) is 14.4 Å². The molecule has 1 fully saturated rings. The predicted octanol–water partition coefficient (Wildman–Crippen LogP) is 3.59. The topological polar surface area (TPSA) is 84.9 Å². The van der Waals surface area contributed by atoms with E-state index < -0.39 is 36.7 Å². The van der Waals surface area contributed by atoms with E-state index in [4.69, 9.17) is 9.47 Å². The summed E-state index contributed by atoms with van der Waals surface area (Å²) in [5, 5.41) is 2.85. The van der Waals surface area contributed by atoms with Crippen LogP contribution in [0.25, 0.3) is 0 Å². The van der Waals surface area contributed by atoms with Crippen molar-refractivity contribution in [3.8, 4) is 0 Å². The first-order valence-corrected chi connectivity index (χ1v) is 17.5. The van der Waals surface area contributed by atoms with Gasteiger partial charge >= 0.3 is 212 Å². The van der Waals surface area contributed by atoms with E-state index >= 15 is 0 Å². The van der Waals surface area contributed by atoms with Gasteiger partial charge in [0.25, 0.3) is 0 Å². The zero-order chi connectivity index (χ0) is 25.5. The van der Waals surface area contributed by atoms with E-state index in [0.29, 0.717) is 19.6 Å². The fourth-order valence-electron chi connectivity index (χ4n) is 3.57. The van der Waals surface area contributed by atoms with E-state index in [0.717, 1.165) is 16.9 Å². The van der Waals surface area contributed by atoms with Crippen molar-refractivity contribution in [2.75, 3.05) is 13.2 Å². The molecule has 0 radical (unpaired) electrons. The normalized spacial score (nSPS) is 18.2. The third kappa shape index (κ3) is 9.43. The zero-order valence-corrected chi connectivity index (χ0v) is 24.3. The predicted molar refractivity (Wildman–Crippen MR) is 138 cm³/mol. The fourth-order valence-corrected chi connectivity index (χ4v) is 6.63. The maximum atomic E-state index is 13.8. The van der Waals surface area contributed by atoms with E-state index in [1.165, 1.54) is 0 Å². The van der Waals surface area contributed by atoms with Crippen LogP contribution in [0.5, 0.6) is 0 Å². The van der Waals surface area contributed by atoms with Crippen LogP contribution in [0.1, 0.15) is 40.5 Å². The van der Waals surface area contributed by atoms with E-state index in [1.54, 1.807) is 25.7 Å². The molecule has 3 atom stereocenters. The summed E-state index contributed by atoms with van der Waals surface area (Å²) >= 11 is -0.248.